The van der Waals surface area contributed by atoms with E-state index in [0.29, 0.717) is 53.8 Å². The molecule has 0 spiro atoms. The second-order valence-electron chi connectivity index (χ2n) is 25.6. The van der Waals surface area contributed by atoms with Gasteiger partial charge < -0.3 is 43.3 Å². The molecule has 1 unspecified atom stereocenters. The Balaban J connectivity index is 0.000000149. The van der Waals surface area contributed by atoms with E-state index in [4.69, 9.17) is 23.7 Å². The van der Waals surface area contributed by atoms with Gasteiger partial charge >= 0.3 is 6.09 Å². The van der Waals surface area contributed by atoms with E-state index < -0.39 is 10.8 Å². The molecule has 7 aliphatic rings. The van der Waals surface area contributed by atoms with Crippen LogP contribution in [0.5, 0.6) is 17.2 Å². The van der Waals surface area contributed by atoms with Gasteiger partial charge in [0.2, 0.25) is 0 Å². The molecule has 4 aromatic rings. The highest BCUT2D eigenvalue weighted by Gasteiger charge is 2.44. The lowest BCUT2D eigenvalue weighted by Crippen LogP contribution is -2.49. The normalized spacial score (nSPS) is 25.0. The number of methoxy groups -OCH3 is 3. The Morgan fingerprint density at radius 1 is 0.561 bits per heavy atom. The first-order chi connectivity index (χ1) is 39.9. The predicted molar refractivity (Wildman–Crippen MR) is 334 cm³/mol. The van der Waals surface area contributed by atoms with Crippen molar-refractivity contribution in [3.63, 3.8) is 0 Å². The number of rotatable bonds is 15. The lowest BCUT2D eigenvalue weighted by atomic mass is 9.68. The zero-order chi connectivity index (χ0) is 57.6. The maximum absolute atomic E-state index is 12.3. The van der Waals surface area contributed by atoms with Crippen molar-refractivity contribution in [3.05, 3.63) is 108 Å². The van der Waals surface area contributed by atoms with E-state index in [1.165, 1.54) is 125 Å². The van der Waals surface area contributed by atoms with Gasteiger partial charge in [0.15, 0.2) is 0 Å². The van der Waals surface area contributed by atoms with Gasteiger partial charge in [0.25, 0.3) is 0 Å². The summed E-state index contributed by atoms with van der Waals surface area (Å²) in [5.41, 5.74) is 6.98. The summed E-state index contributed by atoms with van der Waals surface area (Å²) in [7, 11) is 4.38. The van der Waals surface area contributed by atoms with Gasteiger partial charge in [-0.05, 0) is 248 Å². The number of amides is 1. The Labute approximate surface area is 497 Å². The van der Waals surface area contributed by atoms with E-state index in [0.717, 1.165) is 105 Å². The van der Waals surface area contributed by atoms with E-state index in [1.807, 2.05) is 24.0 Å². The van der Waals surface area contributed by atoms with Gasteiger partial charge in [-0.1, -0.05) is 81.8 Å². The third kappa shape index (κ3) is 15.7. The highest BCUT2D eigenvalue weighted by Crippen LogP contribution is 2.45. The first kappa shape index (κ1) is 62.1. The number of benzene rings is 4. The van der Waals surface area contributed by atoms with Crippen LogP contribution in [0.4, 0.5) is 4.79 Å². The molecule has 11 rings (SSSR count). The van der Waals surface area contributed by atoms with Crippen molar-refractivity contribution >= 4 is 16.9 Å². The number of likely N-dealkylation sites (tertiary alicyclic amines) is 3. The molecule has 1 aliphatic carbocycles. The van der Waals surface area contributed by atoms with E-state index in [1.54, 1.807) is 27.6 Å². The molecule has 2 bridgehead atoms. The molecule has 4 aromatic carbocycles. The molecule has 11 nitrogen and oxygen atoms in total. The van der Waals surface area contributed by atoms with Gasteiger partial charge in [-0.15, -0.1) is 0 Å². The number of piperidine rings is 4. The quantitative estimate of drug-likeness (QED) is 0.115. The summed E-state index contributed by atoms with van der Waals surface area (Å²) in [6.07, 6.45) is 22.8. The van der Waals surface area contributed by atoms with Crippen molar-refractivity contribution in [3.8, 4) is 28.4 Å². The van der Waals surface area contributed by atoms with Crippen molar-refractivity contribution in [1.29, 1.82) is 0 Å². The first-order valence-electron chi connectivity index (χ1n) is 32.0. The van der Waals surface area contributed by atoms with Crippen LogP contribution < -0.4 is 14.2 Å². The first-order valence-corrected chi connectivity index (χ1v) is 33.6. The van der Waals surface area contributed by atoms with E-state index >= 15 is 0 Å². The average molecular weight is 1140 g/mol. The Morgan fingerprint density at radius 2 is 1.02 bits per heavy atom. The third-order valence-electron chi connectivity index (χ3n) is 20.8. The summed E-state index contributed by atoms with van der Waals surface area (Å²) in [4.78, 5) is 23.3. The summed E-state index contributed by atoms with van der Waals surface area (Å²) in [5.74, 6) is 6.54. The SMILES string of the molecule is CCC(C)(C)C1CCC(N2CCC(c3ccccc3OC)CC2)CC1.CCOC(=O)N1[C@@H]2CC[C@@H]1CC(CN1CCC(c3ccccc3OC)CC1)C2.COc1ccc(-c2ccc(S(C)=O)cc2)cc1C1CCN(C2CCOCC2)CC1. The summed E-state index contributed by atoms with van der Waals surface area (Å²) in [6.45, 7) is 19.8. The Kier molecular flexibility index (Phi) is 22.8. The lowest BCUT2D eigenvalue weighted by Gasteiger charge is -2.44. The van der Waals surface area contributed by atoms with Crippen molar-refractivity contribution < 1.29 is 32.7 Å². The molecule has 82 heavy (non-hydrogen) atoms. The van der Waals surface area contributed by atoms with Crippen LogP contribution >= 0.6 is 0 Å². The van der Waals surface area contributed by atoms with Crippen molar-refractivity contribution in [2.45, 2.75) is 184 Å². The smallest absolute Gasteiger partial charge is 0.410 e. The molecule has 0 N–H and O–H groups in total. The van der Waals surface area contributed by atoms with Gasteiger partial charge in [-0.25, -0.2) is 4.79 Å². The zero-order valence-electron chi connectivity index (χ0n) is 51.5. The molecule has 0 aromatic heterocycles. The van der Waals surface area contributed by atoms with Crippen LogP contribution in [0.2, 0.25) is 0 Å². The number of para-hydroxylation sites is 2. The number of hydrogen-bond acceptors (Lipinski definition) is 10. The van der Waals surface area contributed by atoms with Crippen LogP contribution in [-0.2, 0) is 20.3 Å². The lowest BCUT2D eigenvalue weighted by molar-refractivity contribution is 0.0251. The van der Waals surface area contributed by atoms with Gasteiger partial charge in [-0.2, -0.15) is 0 Å². The molecule has 1 saturated carbocycles. The standard InChI is InChI=1S/C24H31NO3S.C23H34N2O3.C23H37NO/c1-27-24-8-5-20(18-3-6-22(7-4-18)29(2)26)17-23(24)19-9-13-25(14-10-19)21-11-15-28-16-12-21;1-3-28-23(26)25-19-8-9-20(25)15-17(14-19)16-24-12-10-18(11-13-24)21-6-4-5-7-22(21)27-2;1-5-23(2,3)19-10-12-20(13-11-19)24-16-14-18(15-17-24)21-8-6-7-9-22(21)25-4/h3-8,17,19,21H,9-16H2,1-2H3;4-7,17-20H,3,8-16H2,1-2H3;6-9,18-20H,5,10-17H2,1-4H3/t;19-,20-;/m.1./s1. The van der Waals surface area contributed by atoms with Gasteiger partial charge in [0.05, 0.1) is 27.9 Å². The summed E-state index contributed by atoms with van der Waals surface area (Å²) in [5, 5.41) is 0. The minimum Gasteiger partial charge on any atom is -0.496 e. The largest absolute Gasteiger partial charge is 0.496 e. The molecule has 1 amide bonds. The van der Waals surface area contributed by atoms with Crippen molar-refractivity contribution in [2.75, 3.05) is 93.2 Å². The maximum atomic E-state index is 12.3. The fraction of sp³-hybridized carbons (Fsp3) is 0.643. The van der Waals surface area contributed by atoms with E-state index in [-0.39, 0.29) is 6.09 Å². The number of fused-ring (bicyclic) bond motifs is 2. The van der Waals surface area contributed by atoms with Gasteiger partial charge in [0, 0.05) is 65.9 Å². The third-order valence-corrected chi connectivity index (χ3v) is 21.7. The monoisotopic (exact) mass is 1140 g/mol. The summed E-state index contributed by atoms with van der Waals surface area (Å²) < 4.78 is 39.3. The van der Waals surface area contributed by atoms with Gasteiger partial charge in [-0.3, -0.25) is 4.21 Å². The molecular formula is C70H102N4O7S. The van der Waals surface area contributed by atoms with Gasteiger partial charge in [0.1, 0.15) is 17.2 Å². The van der Waals surface area contributed by atoms with Crippen LogP contribution in [0.3, 0.4) is 0 Å². The van der Waals surface area contributed by atoms with Crippen LogP contribution in [0.15, 0.2) is 95.9 Å². The second kappa shape index (κ2) is 30.1. The van der Waals surface area contributed by atoms with Crippen LogP contribution in [0.25, 0.3) is 11.1 Å². The summed E-state index contributed by atoms with van der Waals surface area (Å²) in [6, 6.07) is 34.0. The van der Waals surface area contributed by atoms with E-state index in [2.05, 4.69) is 114 Å². The van der Waals surface area contributed by atoms with Crippen LogP contribution in [0, 0.1) is 17.3 Å². The molecule has 6 saturated heterocycles. The molecule has 7 fully saturated rings. The molecule has 6 aliphatic heterocycles. The molecule has 12 heteroatoms. The van der Waals surface area contributed by atoms with Crippen molar-refractivity contribution in [2.24, 2.45) is 17.3 Å². The van der Waals surface area contributed by atoms with E-state index in [9.17, 15) is 9.00 Å². The number of nitrogens with zero attached hydrogens (tertiary/aromatic N) is 4. The minimum atomic E-state index is -0.945. The second-order valence-corrected chi connectivity index (χ2v) is 27.0. The Morgan fingerprint density at radius 3 is 1.52 bits per heavy atom. The zero-order valence-corrected chi connectivity index (χ0v) is 52.3. The van der Waals surface area contributed by atoms with Crippen LogP contribution in [0.1, 0.15) is 171 Å². The number of carbonyl (C=O) groups is 1. The molecule has 0 radical (unpaired) electrons. The topological polar surface area (TPSA) is 93.2 Å². The number of ether oxygens (including phenoxy) is 5. The molecule has 6 heterocycles. The highest BCUT2D eigenvalue weighted by atomic mass is 32.2. The fourth-order valence-corrected chi connectivity index (χ4v) is 16.0. The number of hydrogen-bond donors (Lipinski definition) is 0. The number of carbonyl (C=O) groups excluding carboxylic acids is 1. The molecule has 3 atom stereocenters. The molecular weight excluding hydrogens is 1040 g/mol. The maximum Gasteiger partial charge on any atom is 0.410 e. The minimum absolute atomic E-state index is 0.0916. The van der Waals surface area contributed by atoms with Crippen LogP contribution in [-0.4, -0.2) is 147 Å². The Hall–Kier alpha value is -4.46. The Bertz CT molecular complexity index is 2600. The predicted octanol–water partition coefficient (Wildman–Crippen LogP) is 14.6. The van der Waals surface area contributed by atoms with Crippen molar-refractivity contribution in [1.82, 2.24) is 19.6 Å². The summed E-state index contributed by atoms with van der Waals surface area (Å²) >= 11 is 0. The molecule has 450 valence electrons. The highest BCUT2D eigenvalue weighted by molar-refractivity contribution is 7.84. The average Bonchev–Trinajstić information content (AvgIpc) is 4.03. The fourth-order valence-electron chi connectivity index (χ4n) is 15.5.